The van der Waals surface area contributed by atoms with Crippen molar-refractivity contribution in [1.29, 1.82) is 0 Å². The van der Waals surface area contributed by atoms with Gasteiger partial charge < -0.3 is 4.74 Å². The van der Waals surface area contributed by atoms with Crippen LogP contribution in [0.4, 0.5) is 74.6 Å². The fourth-order valence-corrected chi connectivity index (χ4v) is 3.70. The first-order chi connectivity index (χ1) is 19.4. The third kappa shape index (κ3) is 8.57. The first kappa shape index (κ1) is 43.2. The lowest BCUT2D eigenvalue weighted by Crippen LogP contribution is -2.67. The number of carbonyl (C=O) groups excluding carboxylic acids is 1. The zero-order valence-corrected chi connectivity index (χ0v) is 24.6. The van der Waals surface area contributed by atoms with Crippen molar-refractivity contribution >= 4 is 5.97 Å². The van der Waals surface area contributed by atoms with Crippen LogP contribution in [0.2, 0.25) is 0 Å². The predicted molar refractivity (Wildman–Crippen MR) is 119 cm³/mol. The summed E-state index contributed by atoms with van der Waals surface area (Å²) in [5, 5.41) is 0. The molecular weight excluding hydrogens is 675 g/mol. The van der Waals surface area contributed by atoms with E-state index in [0.29, 0.717) is 6.42 Å². The minimum Gasteiger partial charge on any atom is -0.465 e. The molecule has 0 radical (unpaired) electrons. The molecule has 3 atom stereocenters. The monoisotopic (exact) mass is 706 g/mol. The van der Waals surface area contributed by atoms with Crippen LogP contribution in [-0.4, -0.2) is 61.0 Å². The van der Waals surface area contributed by atoms with Gasteiger partial charge in [-0.05, 0) is 30.6 Å². The summed E-state index contributed by atoms with van der Waals surface area (Å²) >= 11 is 0. The van der Waals surface area contributed by atoms with Crippen molar-refractivity contribution in [2.45, 2.75) is 123 Å². The summed E-state index contributed by atoms with van der Waals surface area (Å²) in [6, 6.07) is 0. The highest BCUT2D eigenvalue weighted by molar-refractivity contribution is 5.77. The second-order valence-corrected chi connectivity index (χ2v) is 11.8. The Morgan fingerprint density at radius 3 is 1.36 bits per heavy atom. The van der Waals surface area contributed by atoms with Crippen LogP contribution in [0.5, 0.6) is 0 Å². The van der Waals surface area contributed by atoms with Gasteiger partial charge >= 0.3 is 54.3 Å². The second kappa shape index (κ2) is 12.7. The number of rotatable bonds is 15. The number of alkyl halides is 17. The molecule has 0 N–H and O–H groups in total. The molecule has 0 saturated carbocycles. The van der Waals surface area contributed by atoms with Gasteiger partial charge in [-0.1, -0.05) is 48.0 Å². The Bertz CT molecular complexity index is 1020. The molecule has 0 aliphatic rings. The van der Waals surface area contributed by atoms with Gasteiger partial charge in [0.1, 0.15) is 0 Å². The van der Waals surface area contributed by atoms with Gasteiger partial charge in [-0.3, -0.25) is 14.3 Å². The Labute approximate surface area is 245 Å². The van der Waals surface area contributed by atoms with Gasteiger partial charge in [0.2, 0.25) is 0 Å². The van der Waals surface area contributed by atoms with Gasteiger partial charge in [-0.2, -0.15) is 70.2 Å². The quantitative estimate of drug-likeness (QED) is 0.126. The number of halogens is 17. The van der Waals surface area contributed by atoms with E-state index < -0.39 is 83.6 Å². The van der Waals surface area contributed by atoms with Crippen LogP contribution >= 0.6 is 0 Å². The molecule has 3 unspecified atom stereocenters. The highest BCUT2D eigenvalue weighted by Gasteiger charge is 2.85. The van der Waals surface area contributed by atoms with Crippen molar-refractivity contribution < 1.29 is 93.6 Å². The Morgan fingerprint density at radius 2 is 1.02 bits per heavy atom. The fourth-order valence-electron chi connectivity index (χ4n) is 3.70. The van der Waals surface area contributed by atoms with Gasteiger partial charge in [0.15, 0.2) is 0 Å². The molecule has 0 heterocycles. The predicted octanol–water partition coefficient (Wildman–Crippen LogP) is 10.1. The summed E-state index contributed by atoms with van der Waals surface area (Å²) < 4.78 is 235. The lowest BCUT2D eigenvalue weighted by molar-refractivity contribution is -0.552. The topological polar surface area (TPSA) is 44.8 Å². The van der Waals surface area contributed by atoms with E-state index in [1.807, 2.05) is 0 Å². The normalized spacial score (nSPS) is 19.0. The largest absolute Gasteiger partial charge is 0.465 e. The zero-order chi connectivity index (χ0) is 36.7. The van der Waals surface area contributed by atoms with Crippen molar-refractivity contribution in [2.24, 2.45) is 16.2 Å². The van der Waals surface area contributed by atoms with Crippen LogP contribution in [-0.2, 0) is 19.0 Å². The smallest absolute Gasteiger partial charge is 0.462 e. The van der Waals surface area contributed by atoms with Crippen LogP contribution in [0.1, 0.15) is 74.1 Å². The summed E-state index contributed by atoms with van der Waals surface area (Å²) in [7, 11) is 0. The Kier molecular flexibility index (Phi) is 12.2. The van der Waals surface area contributed by atoms with Crippen LogP contribution in [0.15, 0.2) is 0 Å². The molecule has 0 aromatic rings. The van der Waals surface area contributed by atoms with E-state index in [4.69, 9.17) is 0 Å². The fraction of sp³-hybridized carbons (Fsp3) is 0.958. The van der Waals surface area contributed by atoms with E-state index >= 15 is 0 Å². The highest BCUT2D eigenvalue weighted by Crippen LogP contribution is 2.57. The van der Waals surface area contributed by atoms with Gasteiger partial charge in [-0.25, -0.2) is 4.39 Å². The molecular formula is C24H31F17O4. The number of hydrogen-bond acceptors (Lipinski definition) is 4. The maximum atomic E-state index is 14.8. The summed E-state index contributed by atoms with van der Waals surface area (Å²) in [5.41, 5.74) is -3.26. The third-order valence-electron chi connectivity index (χ3n) is 7.72. The highest BCUT2D eigenvalue weighted by atomic mass is 19.4. The Balaban J connectivity index is 6.61. The molecule has 0 spiro atoms. The summed E-state index contributed by atoms with van der Waals surface area (Å²) in [6.45, 7) is 9.05. The summed E-state index contributed by atoms with van der Waals surface area (Å²) in [5.74, 6) is -23.4. The van der Waals surface area contributed by atoms with Gasteiger partial charge in [0, 0.05) is 0 Å². The second-order valence-electron chi connectivity index (χ2n) is 11.8. The standard InChI is InChI=1S/C24H31F17O4/c1-8-14(3,4)12-16(7,15(5,6)9-2)13(42)43-11-10-17(25,20(29,30)31)44-24(40,41)19(28,22(35,36)37)45-23(38,39)18(26,27)21(32,33)34/h8-12H2,1-7H3. The summed E-state index contributed by atoms with van der Waals surface area (Å²) in [4.78, 5) is 13.0. The van der Waals surface area contributed by atoms with Crippen molar-refractivity contribution in [3.8, 4) is 0 Å². The maximum absolute atomic E-state index is 14.8. The average Bonchev–Trinajstić information content (AvgIpc) is 2.80. The molecule has 4 nitrogen and oxygen atoms in total. The Morgan fingerprint density at radius 1 is 0.578 bits per heavy atom. The van der Waals surface area contributed by atoms with Crippen molar-refractivity contribution in [2.75, 3.05) is 6.61 Å². The molecule has 0 aromatic heterocycles. The van der Waals surface area contributed by atoms with Crippen LogP contribution in [0.3, 0.4) is 0 Å². The lowest BCUT2D eigenvalue weighted by atomic mass is 9.58. The van der Waals surface area contributed by atoms with E-state index in [0.717, 1.165) is 0 Å². The summed E-state index contributed by atoms with van der Waals surface area (Å²) in [6.07, 6.45) is -40.2. The minimum absolute atomic E-state index is 0.0329. The van der Waals surface area contributed by atoms with Crippen molar-refractivity contribution in [3.05, 3.63) is 0 Å². The molecule has 0 bridgehead atoms. The Hall–Kier alpha value is -1.80. The minimum atomic E-state index is -7.97. The molecule has 0 aromatic carbocycles. The van der Waals surface area contributed by atoms with E-state index in [2.05, 4.69) is 9.47 Å². The van der Waals surface area contributed by atoms with E-state index in [9.17, 15) is 79.4 Å². The average molecular weight is 706 g/mol. The van der Waals surface area contributed by atoms with Crippen molar-refractivity contribution in [3.63, 3.8) is 0 Å². The van der Waals surface area contributed by atoms with Crippen molar-refractivity contribution in [1.82, 2.24) is 0 Å². The first-order valence-corrected chi connectivity index (χ1v) is 12.7. The van der Waals surface area contributed by atoms with Crippen LogP contribution < -0.4 is 0 Å². The van der Waals surface area contributed by atoms with Crippen LogP contribution in [0, 0.1) is 16.2 Å². The molecule has 0 saturated heterocycles. The lowest BCUT2D eigenvalue weighted by Gasteiger charge is -2.46. The van der Waals surface area contributed by atoms with E-state index in [-0.39, 0.29) is 12.8 Å². The number of ether oxygens (including phenoxy) is 3. The number of hydrogen-bond donors (Lipinski definition) is 0. The SMILES string of the molecule is CCC(C)(C)CC(C)(C(=O)OCCC(F)(OC(F)(F)C(F)(OC(F)(F)C(F)(F)C(F)(F)F)C(F)(F)F)C(F)(F)F)C(C)(C)CC. The van der Waals surface area contributed by atoms with Crippen LogP contribution in [0.25, 0.3) is 0 Å². The van der Waals surface area contributed by atoms with E-state index in [1.165, 1.54) is 25.5 Å². The van der Waals surface area contributed by atoms with Gasteiger partial charge in [-0.15, -0.1) is 0 Å². The molecule has 0 aliphatic heterocycles. The molecule has 270 valence electrons. The molecule has 21 heteroatoms. The zero-order valence-electron chi connectivity index (χ0n) is 24.6. The van der Waals surface area contributed by atoms with Gasteiger partial charge in [0.05, 0.1) is 18.4 Å². The molecule has 0 aliphatic carbocycles. The number of esters is 1. The third-order valence-corrected chi connectivity index (χ3v) is 7.72. The van der Waals surface area contributed by atoms with E-state index in [1.54, 1.807) is 27.7 Å². The molecule has 0 rings (SSSR count). The molecule has 45 heavy (non-hydrogen) atoms. The molecule has 0 amide bonds. The first-order valence-electron chi connectivity index (χ1n) is 12.7. The number of carbonyl (C=O) groups is 1. The maximum Gasteiger partial charge on any atom is 0.462 e. The van der Waals surface area contributed by atoms with Gasteiger partial charge in [0.25, 0.3) is 0 Å². The molecule has 0 fully saturated rings.